The summed E-state index contributed by atoms with van der Waals surface area (Å²) >= 11 is 6.12. The second kappa shape index (κ2) is 5.31. The number of aromatic nitrogens is 2. The Morgan fingerprint density at radius 1 is 1.39 bits per heavy atom. The summed E-state index contributed by atoms with van der Waals surface area (Å²) in [4.78, 5) is 0. The molecule has 0 atom stereocenters. The second-order valence-corrected chi connectivity index (χ2v) is 4.52. The molecular formula is C13H17ClN4. The van der Waals surface area contributed by atoms with Crippen molar-refractivity contribution in [2.75, 3.05) is 11.1 Å². The average Bonchev–Trinajstić information content (AvgIpc) is 2.65. The number of hydrogen-bond donors (Lipinski definition) is 2. The van der Waals surface area contributed by atoms with Crippen molar-refractivity contribution in [2.45, 2.75) is 26.9 Å². The fourth-order valence-electron chi connectivity index (χ4n) is 1.83. The first-order valence-electron chi connectivity index (χ1n) is 5.93. The van der Waals surface area contributed by atoms with E-state index in [1.54, 1.807) is 0 Å². The van der Waals surface area contributed by atoms with Crippen LogP contribution in [0, 0.1) is 6.92 Å². The molecule has 5 heteroatoms. The van der Waals surface area contributed by atoms with E-state index < -0.39 is 0 Å². The number of anilines is 2. The highest BCUT2D eigenvalue weighted by Crippen LogP contribution is 2.24. The number of aryl methyl sites for hydroxylation is 2. The SMILES string of the molecule is CCn1nc(C)c(N)c1NCc1ccccc1Cl. The fraction of sp³-hybridized carbons (Fsp3) is 0.308. The number of nitrogens with one attached hydrogen (secondary N) is 1. The molecule has 0 unspecified atom stereocenters. The van der Waals surface area contributed by atoms with Crippen molar-refractivity contribution >= 4 is 23.1 Å². The van der Waals surface area contributed by atoms with E-state index in [0.29, 0.717) is 12.2 Å². The van der Waals surface area contributed by atoms with Crippen molar-refractivity contribution in [3.63, 3.8) is 0 Å². The largest absolute Gasteiger partial charge is 0.394 e. The van der Waals surface area contributed by atoms with Crippen LogP contribution in [-0.2, 0) is 13.1 Å². The number of rotatable bonds is 4. The normalized spacial score (nSPS) is 10.6. The predicted molar refractivity (Wildman–Crippen MR) is 75.8 cm³/mol. The lowest BCUT2D eigenvalue weighted by Crippen LogP contribution is -2.08. The number of nitrogens with two attached hydrogens (primary N) is 1. The van der Waals surface area contributed by atoms with E-state index in [-0.39, 0.29) is 0 Å². The summed E-state index contributed by atoms with van der Waals surface area (Å²) in [7, 11) is 0. The van der Waals surface area contributed by atoms with Crippen LogP contribution >= 0.6 is 11.6 Å². The van der Waals surface area contributed by atoms with Gasteiger partial charge in [0.05, 0.1) is 11.4 Å². The third-order valence-electron chi connectivity index (χ3n) is 2.88. The van der Waals surface area contributed by atoms with E-state index >= 15 is 0 Å². The van der Waals surface area contributed by atoms with Crippen molar-refractivity contribution in [1.82, 2.24) is 9.78 Å². The van der Waals surface area contributed by atoms with E-state index in [4.69, 9.17) is 17.3 Å². The van der Waals surface area contributed by atoms with E-state index in [1.807, 2.05) is 42.8 Å². The third kappa shape index (κ3) is 2.43. The summed E-state index contributed by atoms with van der Waals surface area (Å²) in [6.45, 7) is 5.35. The molecule has 0 amide bonds. The summed E-state index contributed by atoms with van der Waals surface area (Å²) in [5.74, 6) is 0.856. The Balaban J connectivity index is 2.18. The third-order valence-corrected chi connectivity index (χ3v) is 3.25. The summed E-state index contributed by atoms with van der Waals surface area (Å²) in [5, 5.41) is 8.41. The van der Waals surface area contributed by atoms with Crippen molar-refractivity contribution < 1.29 is 0 Å². The van der Waals surface area contributed by atoms with Crippen molar-refractivity contribution in [3.05, 3.63) is 40.5 Å². The minimum Gasteiger partial charge on any atom is -0.394 e. The van der Waals surface area contributed by atoms with Crippen LogP contribution in [0.25, 0.3) is 0 Å². The van der Waals surface area contributed by atoms with Gasteiger partial charge in [-0.2, -0.15) is 5.10 Å². The summed E-state index contributed by atoms with van der Waals surface area (Å²) in [5.41, 5.74) is 8.59. The Morgan fingerprint density at radius 3 is 2.78 bits per heavy atom. The zero-order valence-electron chi connectivity index (χ0n) is 10.6. The van der Waals surface area contributed by atoms with Gasteiger partial charge in [-0.05, 0) is 25.5 Å². The van der Waals surface area contributed by atoms with Gasteiger partial charge < -0.3 is 11.1 Å². The van der Waals surface area contributed by atoms with Crippen molar-refractivity contribution in [3.8, 4) is 0 Å². The first kappa shape index (κ1) is 12.8. The molecule has 0 bridgehead atoms. The lowest BCUT2D eigenvalue weighted by molar-refractivity contribution is 0.657. The standard InChI is InChI=1S/C13H17ClN4/c1-3-18-13(12(15)9(2)17-18)16-8-10-6-4-5-7-11(10)14/h4-7,16H,3,8,15H2,1-2H3. The quantitative estimate of drug-likeness (QED) is 0.892. The average molecular weight is 265 g/mol. The van der Waals surface area contributed by atoms with Crippen LogP contribution in [0.3, 0.4) is 0 Å². The summed E-state index contributed by atoms with van der Waals surface area (Å²) in [6.07, 6.45) is 0. The molecule has 0 saturated carbocycles. The van der Waals surface area contributed by atoms with Gasteiger partial charge in [0.2, 0.25) is 0 Å². The Hall–Kier alpha value is -1.68. The van der Waals surface area contributed by atoms with Crippen molar-refractivity contribution in [2.24, 2.45) is 0 Å². The summed E-state index contributed by atoms with van der Waals surface area (Å²) < 4.78 is 1.86. The molecule has 2 aromatic rings. The molecule has 2 rings (SSSR count). The first-order chi connectivity index (χ1) is 8.63. The Morgan fingerprint density at radius 2 is 2.11 bits per heavy atom. The molecule has 18 heavy (non-hydrogen) atoms. The zero-order valence-corrected chi connectivity index (χ0v) is 11.3. The van der Waals surface area contributed by atoms with Gasteiger partial charge in [0.1, 0.15) is 5.82 Å². The molecule has 1 heterocycles. The van der Waals surface area contributed by atoms with Crippen LogP contribution in [-0.4, -0.2) is 9.78 Å². The Labute approximate surface area is 112 Å². The smallest absolute Gasteiger partial charge is 0.148 e. The topological polar surface area (TPSA) is 55.9 Å². The molecule has 3 N–H and O–H groups in total. The van der Waals surface area contributed by atoms with E-state index in [1.165, 1.54) is 0 Å². The minimum atomic E-state index is 0.634. The van der Waals surface area contributed by atoms with Gasteiger partial charge in [-0.1, -0.05) is 29.8 Å². The highest BCUT2D eigenvalue weighted by Gasteiger charge is 2.11. The lowest BCUT2D eigenvalue weighted by atomic mass is 10.2. The molecule has 0 aliphatic carbocycles. The predicted octanol–water partition coefficient (Wildman–Crippen LogP) is 3.06. The van der Waals surface area contributed by atoms with Crippen LogP contribution in [0.1, 0.15) is 18.2 Å². The fourth-order valence-corrected chi connectivity index (χ4v) is 2.03. The second-order valence-electron chi connectivity index (χ2n) is 4.11. The lowest BCUT2D eigenvalue weighted by Gasteiger charge is -2.10. The maximum absolute atomic E-state index is 6.12. The molecule has 0 spiro atoms. The van der Waals surface area contributed by atoms with Crippen LogP contribution in [0.4, 0.5) is 11.5 Å². The number of halogens is 1. The Bertz CT molecular complexity index is 548. The van der Waals surface area contributed by atoms with Crippen LogP contribution in [0.2, 0.25) is 5.02 Å². The van der Waals surface area contributed by atoms with E-state index in [2.05, 4.69) is 10.4 Å². The van der Waals surface area contributed by atoms with Crippen molar-refractivity contribution in [1.29, 1.82) is 0 Å². The molecule has 1 aromatic carbocycles. The van der Waals surface area contributed by atoms with E-state index in [9.17, 15) is 0 Å². The highest BCUT2D eigenvalue weighted by atomic mass is 35.5. The maximum atomic E-state index is 6.12. The van der Waals surface area contributed by atoms with Gasteiger partial charge in [-0.3, -0.25) is 0 Å². The van der Waals surface area contributed by atoms with Gasteiger partial charge in [0, 0.05) is 18.1 Å². The molecule has 0 radical (unpaired) electrons. The molecule has 1 aromatic heterocycles. The monoisotopic (exact) mass is 264 g/mol. The molecule has 0 fully saturated rings. The Kier molecular flexibility index (Phi) is 3.77. The zero-order chi connectivity index (χ0) is 13.1. The highest BCUT2D eigenvalue weighted by molar-refractivity contribution is 6.31. The molecule has 96 valence electrons. The van der Waals surface area contributed by atoms with Gasteiger partial charge in [-0.15, -0.1) is 0 Å². The molecule has 0 aliphatic rings. The maximum Gasteiger partial charge on any atom is 0.148 e. The number of benzene rings is 1. The van der Waals surface area contributed by atoms with Gasteiger partial charge in [0.25, 0.3) is 0 Å². The molecular weight excluding hydrogens is 248 g/mol. The summed E-state index contributed by atoms with van der Waals surface area (Å²) in [6, 6.07) is 7.75. The first-order valence-corrected chi connectivity index (χ1v) is 6.31. The van der Waals surface area contributed by atoms with Gasteiger partial charge in [-0.25, -0.2) is 4.68 Å². The minimum absolute atomic E-state index is 0.634. The van der Waals surface area contributed by atoms with Gasteiger partial charge >= 0.3 is 0 Å². The van der Waals surface area contributed by atoms with Crippen LogP contribution < -0.4 is 11.1 Å². The number of hydrogen-bond acceptors (Lipinski definition) is 3. The molecule has 4 nitrogen and oxygen atoms in total. The van der Waals surface area contributed by atoms with Crippen LogP contribution in [0.5, 0.6) is 0 Å². The number of nitrogen functional groups attached to an aromatic ring is 1. The molecule has 0 aliphatic heterocycles. The van der Waals surface area contributed by atoms with E-state index in [0.717, 1.165) is 28.6 Å². The van der Waals surface area contributed by atoms with Crippen LogP contribution in [0.15, 0.2) is 24.3 Å². The number of nitrogens with zero attached hydrogens (tertiary/aromatic N) is 2. The molecule has 0 saturated heterocycles. The van der Waals surface area contributed by atoms with Gasteiger partial charge in [0.15, 0.2) is 0 Å².